The van der Waals surface area contributed by atoms with Crippen LogP contribution >= 0.6 is 44.8 Å². The lowest BCUT2D eigenvalue weighted by Crippen LogP contribution is -2.45. The van der Waals surface area contributed by atoms with Crippen LogP contribution in [0.4, 0.5) is 0 Å². The van der Waals surface area contributed by atoms with E-state index in [0.717, 1.165) is 23.1 Å². The van der Waals surface area contributed by atoms with Crippen molar-refractivity contribution >= 4 is 44.8 Å². The number of halogens is 2. The Kier molecular flexibility index (Phi) is 12.6. The smallest absolute Gasteiger partial charge is 0.0577 e. The van der Waals surface area contributed by atoms with Crippen LogP contribution in [-0.4, -0.2) is 24.2 Å². The van der Waals surface area contributed by atoms with Crippen LogP contribution < -0.4 is 10.6 Å². The molecule has 2 N–H and O–H groups in total. The lowest BCUT2D eigenvalue weighted by molar-refractivity contribution is 0.375. The summed E-state index contributed by atoms with van der Waals surface area (Å²) in [7, 11) is 3.91. The van der Waals surface area contributed by atoms with E-state index in [2.05, 4.69) is 76.4 Å². The predicted octanol–water partition coefficient (Wildman–Crippen LogP) is 9.49. The zero-order valence-electron chi connectivity index (χ0n) is 21.6. The van der Waals surface area contributed by atoms with Gasteiger partial charge in [0.15, 0.2) is 0 Å². The molecular weight excluding hydrogens is 499 g/mol. The van der Waals surface area contributed by atoms with E-state index in [1.54, 1.807) is 0 Å². The van der Waals surface area contributed by atoms with Crippen molar-refractivity contribution in [2.45, 2.75) is 88.8 Å². The number of nitrogens with one attached hydrogen (secondary N) is 2. The minimum absolute atomic E-state index is 0.0784. The summed E-state index contributed by atoms with van der Waals surface area (Å²) >= 11 is 12.5. The minimum Gasteiger partial charge on any atom is -0.310 e. The summed E-state index contributed by atoms with van der Waals surface area (Å²) in [5.74, 6) is 0. The predicted molar refractivity (Wildman–Crippen MR) is 158 cm³/mol. The van der Waals surface area contributed by atoms with E-state index in [-0.39, 0.29) is 21.6 Å². The van der Waals surface area contributed by atoms with Crippen molar-refractivity contribution in [1.82, 2.24) is 10.6 Å². The highest BCUT2D eigenvalue weighted by molar-refractivity contribution is 8.76. The Morgan fingerprint density at radius 3 is 1.26 bits per heavy atom. The molecule has 2 unspecified atom stereocenters. The molecule has 0 amide bonds. The maximum Gasteiger partial charge on any atom is 0.0577 e. The summed E-state index contributed by atoms with van der Waals surface area (Å²) in [6, 6.07) is 16.7. The molecule has 0 fully saturated rings. The van der Waals surface area contributed by atoms with Crippen LogP contribution in [0.3, 0.4) is 0 Å². The summed E-state index contributed by atoms with van der Waals surface area (Å²) in [6.45, 7) is 15.8. The van der Waals surface area contributed by atoms with E-state index in [9.17, 15) is 0 Å². The molecule has 2 nitrogen and oxygen atoms in total. The normalized spacial score (nSPS) is 14.2. The average molecular weight is 542 g/mol. The average Bonchev–Trinajstić information content (AvgIpc) is 2.78. The largest absolute Gasteiger partial charge is 0.310 e. The van der Waals surface area contributed by atoms with Gasteiger partial charge in [-0.1, -0.05) is 95.7 Å². The van der Waals surface area contributed by atoms with Crippen LogP contribution in [0.5, 0.6) is 0 Å². The van der Waals surface area contributed by atoms with E-state index in [1.165, 1.54) is 36.8 Å². The number of unbranched alkanes of at least 4 members (excludes halogenated alkanes) is 2. The van der Waals surface area contributed by atoms with Crippen LogP contribution in [0.1, 0.15) is 88.9 Å². The van der Waals surface area contributed by atoms with E-state index < -0.39 is 0 Å². The Labute approximate surface area is 226 Å². The molecule has 0 bridgehead atoms. The molecule has 34 heavy (non-hydrogen) atoms. The zero-order chi connectivity index (χ0) is 25.2. The van der Waals surface area contributed by atoms with Crippen LogP contribution in [0.2, 0.25) is 10.0 Å². The quantitative estimate of drug-likeness (QED) is 0.173. The summed E-state index contributed by atoms with van der Waals surface area (Å²) in [4.78, 5) is 0. The van der Waals surface area contributed by atoms with Crippen molar-refractivity contribution in [3.05, 3.63) is 69.7 Å². The number of rotatable bonds is 15. The first-order chi connectivity index (χ1) is 16.1. The second-order valence-corrected chi connectivity index (χ2v) is 13.4. The second-order valence-electron chi connectivity index (χ2n) is 10.1. The Hall–Kier alpha value is -0.360. The Bertz CT molecular complexity index is 767. The zero-order valence-corrected chi connectivity index (χ0v) is 24.7. The SMILES string of the molecule is CCCCNC(C)(C)C(SSC(c1ccc(Cl)cc1)C(C)(C)NCCCC)c1ccc(Cl)cc1. The fraction of sp³-hybridized carbons (Fsp3) is 0.571. The van der Waals surface area contributed by atoms with Gasteiger partial charge in [-0.15, -0.1) is 0 Å². The topological polar surface area (TPSA) is 24.1 Å². The van der Waals surface area contributed by atoms with Gasteiger partial charge in [-0.3, -0.25) is 0 Å². The minimum atomic E-state index is -0.0784. The van der Waals surface area contributed by atoms with Crippen LogP contribution in [0.15, 0.2) is 48.5 Å². The fourth-order valence-corrected chi connectivity index (χ4v) is 8.37. The first-order valence-electron chi connectivity index (χ1n) is 12.4. The molecule has 0 aliphatic rings. The van der Waals surface area contributed by atoms with Gasteiger partial charge in [0.05, 0.1) is 10.5 Å². The van der Waals surface area contributed by atoms with Gasteiger partial charge in [0.1, 0.15) is 0 Å². The molecular formula is C28H42Cl2N2S2. The highest BCUT2D eigenvalue weighted by Gasteiger charge is 2.36. The van der Waals surface area contributed by atoms with Crippen LogP contribution in [-0.2, 0) is 0 Å². The van der Waals surface area contributed by atoms with Crippen molar-refractivity contribution in [3.63, 3.8) is 0 Å². The molecule has 0 aliphatic carbocycles. The third-order valence-electron chi connectivity index (χ3n) is 6.13. The van der Waals surface area contributed by atoms with E-state index >= 15 is 0 Å². The van der Waals surface area contributed by atoms with Crippen LogP contribution in [0.25, 0.3) is 0 Å². The Balaban J connectivity index is 2.33. The van der Waals surface area contributed by atoms with Gasteiger partial charge in [0.25, 0.3) is 0 Å². The number of benzene rings is 2. The molecule has 2 aromatic carbocycles. The lowest BCUT2D eigenvalue weighted by atomic mass is 9.94. The molecule has 6 heteroatoms. The molecule has 2 atom stereocenters. The van der Waals surface area contributed by atoms with Crippen molar-refractivity contribution in [2.75, 3.05) is 13.1 Å². The third-order valence-corrected chi connectivity index (χ3v) is 10.3. The molecule has 0 heterocycles. The first-order valence-corrected chi connectivity index (χ1v) is 15.5. The van der Waals surface area contributed by atoms with Crippen LogP contribution in [0, 0.1) is 0 Å². The lowest BCUT2D eigenvalue weighted by Gasteiger charge is -2.39. The highest BCUT2D eigenvalue weighted by Crippen LogP contribution is 2.53. The third kappa shape index (κ3) is 9.26. The molecule has 0 aliphatic heterocycles. The highest BCUT2D eigenvalue weighted by atomic mass is 35.5. The number of hydrogen-bond acceptors (Lipinski definition) is 4. The van der Waals surface area contributed by atoms with Crippen molar-refractivity contribution < 1.29 is 0 Å². The molecule has 190 valence electrons. The molecule has 0 saturated carbocycles. The van der Waals surface area contributed by atoms with Crippen molar-refractivity contribution in [2.24, 2.45) is 0 Å². The fourth-order valence-electron chi connectivity index (χ4n) is 3.93. The van der Waals surface area contributed by atoms with E-state index in [1.807, 2.05) is 45.9 Å². The maximum atomic E-state index is 6.23. The summed E-state index contributed by atoms with van der Waals surface area (Å²) in [5.41, 5.74) is 2.43. The molecule has 0 radical (unpaired) electrons. The van der Waals surface area contributed by atoms with Gasteiger partial charge in [0.2, 0.25) is 0 Å². The van der Waals surface area contributed by atoms with Gasteiger partial charge < -0.3 is 10.6 Å². The molecule has 2 aromatic rings. The maximum absolute atomic E-state index is 6.23. The van der Waals surface area contributed by atoms with Gasteiger partial charge in [0, 0.05) is 21.1 Å². The Morgan fingerprint density at radius 2 is 0.971 bits per heavy atom. The van der Waals surface area contributed by atoms with Crippen molar-refractivity contribution in [3.8, 4) is 0 Å². The van der Waals surface area contributed by atoms with Gasteiger partial charge in [-0.25, -0.2) is 0 Å². The second kappa shape index (κ2) is 14.4. The number of hydrogen-bond donors (Lipinski definition) is 2. The van der Waals surface area contributed by atoms with Gasteiger partial charge in [-0.2, -0.15) is 0 Å². The molecule has 0 spiro atoms. The standard InChI is InChI=1S/C28H42Cl2N2S2/c1-7-9-19-31-27(3,4)25(21-11-15-23(29)16-12-21)33-34-26(22-13-17-24(30)18-14-22)28(5,6)32-20-10-8-2/h11-18,25-26,31-32H,7-10,19-20H2,1-6H3. The Morgan fingerprint density at radius 1 is 0.647 bits per heavy atom. The molecule has 0 saturated heterocycles. The monoisotopic (exact) mass is 540 g/mol. The summed E-state index contributed by atoms with van der Waals surface area (Å²) in [5, 5.41) is 9.71. The van der Waals surface area contributed by atoms with E-state index in [4.69, 9.17) is 23.2 Å². The summed E-state index contributed by atoms with van der Waals surface area (Å²) < 4.78 is 0. The first kappa shape index (κ1) is 29.9. The molecule has 2 rings (SSSR count). The van der Waals surface area contributed by atoms with Gasteiger partial charge >= 0.3 is 0 Å². The van der Waals surface area contributed by atoms with E-state index in [0.29, 0.717) is 0 Å². The molecule has 0 aromatic heterocycles. The summed E-state index contributed by atoms with van der Waals surface area (Å²) in [6.07, 6.45) is 4.73. The van der Waals surface area contributed by atoms with Crippen molar-refractivity contribution in [1.29, 1.82) is 0 Å². The van der Waals surface area contributed by atoms with Gasteiger partial charge in [-0.05, 0) is 89.0 Å².